The van der Waals surface area contributed by atoms with Crippen LogP contribution in [0.5, 0.6) is 0 Å². The maximum Gasteiger partial charge on any atom is 0.165 e. The second kappa shape index (κ2) is 6.57. The van der Waals surface area contributed by atoms with E-state index in [4.69, 9.17) is 4.74 Å². The van der Waals surface area contributed by atoms with Crippen LogP contribution in [-0.4, -0.2) is 41.3 Å². The summed E-state index contributed by atoms with van der Waals surface area (Å²) in [6.45, 7) is 6.00. The molecule has 118 valence electrons. The van der Waals surface area contributed by atoms with Gasteiger partial charge in [0.15, 0.2) is 5.65 Å². The van der Waals surface area contributed by atoms with Crippen LogP contribution in [0.3, 0.4) is 0 Å². The highest BCUT2D eigenvalue weighted by atomic mass is 16.5. The first-order chi connectivity index (χ1) is 10.6. The van der Waals surface area contributed by atoms with Crippen molar-refractivity contribution in [3.8, 4) is 0 Å². The predicted octanol–water partition coefficient (Wildman–Crippen LogP) is 3.04. The number of nitrogens with zero attached hydrogens (tertiary/aromatic N) is 4. The van der Waals surface area contributed by atoms with E-state index in [-0.39, 0.29) is 0 Å². The van der Waals surface area contributed by atoms with Crippen LogP contribution in [0.25, 0.3) is 11.0 Å². The summed E-state index contributed by atoms with van der Waals surface area (Å²) in [7, 11) is 2.09. The van der Waals surface area contributed by atoms with Crippen LogP contribution in [0, 0.1) is 13.8 Å². The number of hydrogen-bond donors (Lipinski definition) is 0. The number of aromatic nitrogens is 3. The Morgan fingerprint density at radius 2 is 2.18 bits per heavy atom. The number of hydrogen-bond acceptors (Lipinski definition) is 5. The molecule has 5 heteroatoms. The van der Waals surface area contributed by atoms with Crippen LogP contribution in [0.2, 0.25) is 0 Å². The average molecular weight is 300 g/mol. The Labute approximate surface area is 131 Å². The third-order valence-corrected chi connectivity index (χ3v) is 4.31. The molecule has 0 aromatic carbocycles. The molecule has 1 atom stereocenters. The largest absolute Gasteiger partial charge is 0.378 e. The summed E-state index contributed by atoms with van der Waals surface area (Å²) in [5, 5.41) is 1.06. The number of anilines is 1. The molecule has 1 aliphatic heterocycles. The van der Waals surface area contributed by atoms with Crippen molar-refractivity contribution in [1.82, 2.24) is 15.0 Å². The molecule has 0 bridgehead atoms. The lowest BCUT2D eigenvalue weighted by atomic mass is 10.1. The normalized spacial score (nSPS) is 18.0. The van der Waals surface area contributed by atoms with E-state index in [1.165, 1.54) is 18.4 Å². The Morgan fingerprint density at radius 1 is 1.32 bits per heavy atom. The van der Waals surface area contributed by atoms with Gasteiger partial charge >= 0.3 is 0 Å². The summed E-state index contributed by atoms with van der Waals surface area (Å²) in [4.78, 5) is 15.5. The molecule has 0 amide bonds. The Kier molecular flexibility index (Phi) is 4.52. The third-order valence-electron chi connectivity index (χ3n) is 4.31. The van der Waals surface area contributed by atoms with Crippen molar-refractivity contribution in [2.24, 2.45) is 0 Å². The molecule has 2 aromatic rings. The van der Waals surface area contributed by atoms with Crippen molar-refractivity contribution in [3.05, 3.63) is 23.7 Å². The fourth-order valence-corrected chi connectivity index (χ4v) is 3.21. The van der Waals surface area contributed by atoms with E-state index in [2.05, 4.69) is 39.9 Å². The molecule has 5 nitrogen and oxygen atoms in total. The van der Waals surface area contributed by atoms with Gasteiger partial charge in [-0.05, 0) is 51.2 Å². The van der Waals surface area contributed by atoms with Gasteiger partial charge in [-0.15, -0.1) is 0 Å². The first-order valence-corrected chi connectivity index (χ1v) is 8.07. The minimum absolute atomic E-state index is 0.460. The predicted molar refractivity (Wildman–Crippen MR) is 88.3 cm³/mol. The molecule has 0 unspecified atom stereocenters. The number of pyridine rings is 1. The molecule has 0 spiro atoms. The van der Waals surface area contributed by atoms with E-state index in [0.29, 0.717) is 6.10 Å². The first kappa shape index (κ1) is 15.2. The smallest absolute Gasteiger partial charge is 0.165 e. The standard InChI is InChI=1S/C17H24N4O/c1-12-10-13(2)20-16-15(12)17(19-11-18-16)21(3)8-4-6-14-7-5-9-22-14/h10-11,14H,4-9H2,1-3H3/t14-/m0/s1. The molecule has 1 fully saturated rings. The Bertz CT molecular complexity index is 652. The van der Waals surface area contributed by atoms with Gasteiger partial charge in [0.05, 0.1) is 11.5 Å². The minimum Gasteiger partial charge on any atom is -0.378 e. The van der Waals surface area contributed by atoms with E-state index in [1.54, 1.807) is 6.33 Å². The molecular weight excluding hydrogens is 276 g/mol. The fraction of sp³-hybridized carbons (Fsp3) is 0.588. The molecule has 3 rings (SSSR count). The highest BCUT2D eigenvalue weighted by molar-refractivity contribution is 5.89. The van der Waals surface area contributed by atoms with Crippen molar-refractivity contribution in [1.29, 1.82) is 0 Å². The highest BCUT2D eigenvalue weighted by Crippen LogP contribution is 2.25. The number of ether oxygens (including phenoxy) is 1. The van der Waals surface area contributed by atoms with Crippen molar-refractivity contribution in [3.63, 3.8) is 0 Å². The summed E-state index contributed by atoms with van der Waals surface area (Å²) in [5.41, 5.74) is 2.97. The van der Waals surface area contributed by atoms with Crippen LogP contribution in [0.4, 0.5) is 5.82 Å². The fourth-order valence-electron chi connectivity index (χ4n) is 3.21. The van der Waals surface area contributed by atoms with Crippen molar-refractivity contribution in [2.45, 2.75) is 45.6 Å². The van der Waals surface area contributed by atoms with E-state index in [0.717, 1.165) is 48.5 Å². The summed E-state index contributed by atoms with van der Waals surface area (Å²) in [6.07, 6.45) is 6.74. The summed E-state index contributed by atoms with van der Waals surface area (Å²) in [5.74, 6) is 0.974. The van der Waals surface area contributed by atoms with Crippen molar-refractivity contribution >= 4 is 16.9 Å². The summed E-state index contributed by atoms with van der Waals surface area (Å²) >= 11 is 0. The number of aryl methyl sites for hydroxylation is 2. The second-order valence-electron chi connectivity index (χ2n) is 6.18. The topological polar surface area (TPSA) is 51.1 Å². The second-order valence-corrected chi connectivity index (χ2v) is 6.18. The minimum atomic E-state index is 0.460. The van der Waals surface area contributed by atoms with E-state index >= 15 is 0 Å². The van der Waals surface area contributed by atoms with Gasteiger partial charge in [-0.1, -0.05) is 0 Å². The summed E-state index contributed by atoms with van der Waals surface area (Å²) in [6, 6.07) is 2.09. The quantitative estimate of drug-likeness (QED) is 0.849. The number of fused-ring (bicyclic) bond motifs is 1. The van der Waals surface area contributed by atoms with Gasteiger partial charge in [-0.25, -0.2) is 15.0 Å². The number of rotatable bonds is 5. The molecule has 0 N–H and O–H groups in total. The molecule has 1 saturated heterocycles. The van der Waals surface area contributed by atoms with Crippen molar-refractivity contribution in [2.75, 3.05) is 25.1 Å². The first-order valence-electron chi connectivity index (χ1n) is 8.07. The molecule has 1 aliphatic rings. The Hall–Kier alpha value is -1.75. The third kappa shape index (κ3) is 3.19. The molecule has 0 aliphatic carbocycles. The van der Waals surface area contributed by atoms with Gasteiger partial charge in [-0.2, -0.15) is 0 Å². The zero-order valence-electron chi connectivity index (χ0n) is 13.7. The molecular formula is C17H24N4O. The SMILES string of the molecule is Cc1cc(C)c2c(N(C)CCC[C@H]3CCCO3)ncnc2n1. The summed E-state index contributed by atoms with van der Waals surface area (Å²) < 4.78 is 5.69. The molecule has 22 heavy (non-hydrogen) atoms. The molecule has 3 heterocycles. The van der Waals surface area contributed by atoms with Crippen LogP contribution in [-0.2, 0) is 4.74 Å². The van der Waals surface area contributed by atoms with Crippen LogP contribution >= 0.6 is 0 Å². The van der Waals surface area contributed by atoms with Gasteiger partial charge in [0.25, 0.3) is 0 Å². The maximum absolute atomic E-state index is 5.69. The van der Waals surface area contributed by atoms with Crippen LogP contribution < -0.4 is 4.90 Å². The van der Waals surface area contributed by atoms with E-state index in [9.17, 15) is 0 Å². The molecule has 2 aromatic heterocycles. The molecule has 0 saturated carbocycles. The van der Waals surface area contributed by atoms with Gasteiger partial charge in [0.1, 0.15) is 12.1 Å². The average Bonchev–Trinajstić information content (AvgIpc) is 2.99. The lowest BCUT2D eigenvalue weighted by Gasteiger charge is -2.21. The van der Waals surface area contributed by atoms with Gasteiger partial charge < -0.3 is 9.64 Å². The zero-order valence-corrected chi connectivity index (χ0v) is 13.7. The Morgan fingerprint density at radius 3 is 2.95 bits per heavy atom. The van der Waals surface area contributed by atoms with Gasteiger partial charge in [0, 0.05) is 25.9 Å². The lowest BCUT2D eigenvalue weighted by molar-refractivity contribution is 0.103. The monoisotopic (exact) mass is 300 g/mol. The lowest BCUT2D eigenvalue weighted by Crippen LogP contribution is -2.22. The zero-order chi connectivity index (χ0) is 15.5. The maximum atomic E-state index is 5.69. The van der Waals surface area contributed by atoms with Crippen molar-refractivity contribution < 1.29 is 4.74 Å². The van der Waals surface area contributed by atoms with Gasteiger partial charge in [0.2, 0.25) is 0 Å². The molecule has 0 radical (unpaired) electrons. The van der Waals surface area contributed by atoms with Crippen LogP contribution in [0.15, 0.2) is 12.4 Å². The Balaban J connectivity index is 1.74. The van der Waals surface area contributed by atoms with Gasteiger partial charge in [-0.3, -0.25) is 0 Å². The van der Waals surface area contributed by atoms with E-state index in [1.807, 2.05) is 6.92 Å². The highest BCUT2D eigenvalue weighted by Gasteiger charge is 2.16. The van der Waals surface area contributed by atoms with Crippen LogP contribution in [0.1, 0.15) is 36.9 Å². The van der Waals surface area contributed by atoms with E-state index < -0.39 is 0 Å².